The molecule has 7 heteroatoms. The van der Waals surface area contributed by atoms with Gasteiger partial charge in [0.1, 0.15) is 5.82 Å². The first-order valence-corrected chi connectivity index (χ1v) is 10.5. The molecule has 0 bridgehead atoms. The van der Waals surface area contributed by atoms with Crippen molar-refractivity contribution in [2.45, 2.75) is 31.8 Å². The molecule has 3 heterocycles. The fourth-order valence-corrected chi connectivity index (χ4v) is 5.07. The summed E-state index contributed by atoms with van der Waals surface area (Å²) in [5.41, 5.74) is 2.87. The van der Waals surface area contributed by atoms with Gasteiger partial charge in [-0.2, -0.15) is 16.9 Å². The predicted octanol–water partition coefficient (Wildman–Crippen LogP) is 3.06. The van der Waals surface area contributed by atoms with Crippen LogP contribution < -0.4 is 5.32 Å². The third kappa shape index (κ3) is 3.60. The predicted molar refractivity (Wildman–Crippen MR) is 107 cm³/mol. The topological polar surface area (TPSA) is 67.2 Å². The van der Waals surface area contributed by atoms with Gasteiger partial charge in [0.25, 0.3) is 0 Å². The van der Waals surface area contributed by atoms with Gasteiger partial charge < -0.3 is 10.2 Å². The van der Waals surface area contributed by atoms with Crippen LogP contribution in [0.15, 0.2) is 30.3 Å². The highest BCUT2D eigenvalue weighted by Gasteiger charge is 2.31. The highest BCUT2D eigenvalue weighted by molar-refractivity contribution is 7.98. The van der Waals surface area contributed by atoms with Crippen molar-refractivity contribution >= 4 is 29.4 Å². The van der Waals surface area contributed by atoms with E-state index in [0.29, 0.717) is 30.7 Å². The maximum atomic E-state index is 12.8. The van der Waals surface area contributed by atoms with Crippen molar-refractivity contribution < 1.29 is 9.59 Å². The Morgan fingerprint density at radius 3 is 2.52 bits per heavy atom. The number of likely N-dealkylation sites (tertiary alicyclic amines) is 1. The van der Waals surface area contributed by atoms with Gasteiger partial charge in [-0.05, 0) is 30.4 Å². The van der Waals surface area contributed by atoms with Gasteiger partial charge in [-0.1, -0.05) is 32.0 Å². The fraction of sp³-hybridized carbons (Fsp3) is 0.450. The Labute approximate surface area is 163 Å². The number of hydrogen-bond donors (Lipinski definition) is 1. The van der Waals surface area contributed by atoms with E-state index in [-0.39, 0.29) is 0 Å². The molecule has 2 aliphatic rings. The van der Waals surface area contributed by atoms with Crippen molar-refractivity contribution in [3.63, 3.8) is 0 Å². The number of para-hydroxylation sites is 1. The molecular weight excluding hydrogens is 360 g/mol. The average Bonchev–Trinajstić information content (AvgIpc) is 3.23. The van der Waals surface area contributed by atoms with Crippen molar-refractivity contribution in [2.24, 2.45) is 11.8 Å². The number of benzene rings is 1. The van der Waals surface area contributed by atoms with E-state index < -0.39 is 11.8 Å². The van der Waals surface area contributed by atoms with Crippen molar-refractivity contribution in [3.05, 3.63) is 41.6 Å². The number of piperidine rings is 1. The van der Waals surface area contributed by atoms with Crippen LogP contribution in [0.4, 0.5) is 5.82 Å². The van der Waals surface area contributed by atoms with Gasteiger partial charge in [0.15, 0.2) is 0 Å². The highest BCUT2D eigenvalue weighted by Crippen LogP contribution is 2.36. The molecule has 142 valence electrons. The summed E-state index contributed by atoms with van der Waals surface area (Å²) in [5.74, 6) is 2.05. The van der Waals surface area contributed by atoms with E-state index >= 15 is 0 Å². The summed E-state index contributed by atoms with van der Waals surface area (Å²) < 4.78 is 1.75. The van der Waals surface area contributed by atoms with Gasteiger partial charge in [0.2, 0.25) is 0 Å². The number of carbonyl (C=O) groups excluding carboxylic acids is 2. The van der Waals surface area contributed by atoms with E-state index in [2.05, 4.69) is 24.3 Å². The second-order valence-electron chi connectivity index (χ2n) is 7.62. The zero-order valence-electron chi connectivity index (χ0n) is 15.6. The minimum absolute atomic E-state index is 0.418. The van der Waals surface area contributed by atoms with Crippen LogP contribution in [0.5, 0.6) is 0 Å². The Kier molecular flexibility index (Phi) is 4.95. The minimum atomic E-state index is -0.576. The Balaban J connectivity index is 1.59. The standard InChI is InChI=1S/C20H24N4O2S/c1-13-8-14(2)10-23(9-13)20(26)19(25)21-18-16-11-27-12-17(16)22-24(18)15-6-4-3-5-7-15/h3-7,13-14H,8-12H2,1-2H3,(H,21,25)/t13-,14-/m1/s1. The van der Waals surface area contributed by atoms with E-state index in [0.717, 1.165) is 34.9 Å². The SMILES string of the molecule is C[C@@H]1C[C@@H](C)CN(C(=O)C(=O)Nc2c3c(nn2-c2ccccc2)CSC3)C1. The number of carbonyl (C=O) groups is 2. The van der Waals surface area contributed by atoms with Crippen LogP contribution in [0.3, 0.4) is 0 Å². The van der Waals surface area contributed by atoms with Crippen LogP contribution in [0.25, 0.3) is 5.69 Å². The first kappa shape index (κ1) is 18.1. The second kappa shape index (κ2) is 7.38. The molecule has 2 aromatic rings. The number of aromatic nitrogens is 2. The van der Waals surface area contributed by atoms with Crippen LogP contribution in [-0.4, -0.2) is 39.6 Å². The van der Waals surface area contributed by atoms with E-state index in [1.54, 1.807) is 21.3 Å². The van der Waals surface area contributed by atoms with Gasteiger partial charge in [0, 0.05) is 30.2 Å². The molecule has 2 amide bonds. The molecular formula is C20H24N4O2S. The molecule has 1 fully saturated rings. The smallest absolute Gasteiger partial charge is 0.315 e. The molecule has 0 saturated carbocycles. The average molecular weight is 385 g/mol. The molecule has 0 spiro atoms. The lowest BCUT2D eigenvalue weighted by Gasteiger charge is -2.34. The minimum Gasteiger partial charge on any atom is -0.334 e. The number of nitrogens with one attached hydrogen (secondary N) is 1. The van der Waals surface area contributed by atoms with Crippen LogP contribution in [0.2, 0.25) is 0 Å². The largest absolute Gasteiger partial charge is 0.334 e. The molecule has 1 aromatic carbocycles. The number of fused-ring (bicyclic) bond motifs is 1. The van der Waals surface area contributed by atoms with Crippen LogP contribution in [0.1, 0.15) is 31.5 Å². The summed E-state index contributed by atoms with van der Waals surface area (Å²) in [5, 5.41) is 7.54. The number of anilines is 1. The number of thioether (sulfide) groups is 1. The number of rotatable bonds is 2. The molecule has 27 heavy (non-hydrogen) atoms. The van der Waals surface area contributed by atoms with Gasteiger partial charge in [-0.15, -0.1) is 0 Å². The molecule has 6 nitrogen and oxygen atoms in total. The molecule has 0 radical (unpaired) electrons. The quantitative estimate of drug-likeness (QED) is 0.808. The molecule has 2 atom stereocenters. The molecule has 4 rings (SSSR count). The first-order chi connectivity index (χ1) is 13.0. The van der Waals surface area contributed by atoms with E-state index in [1.165, 1.54) is 0 Å². The van der Waals surface area contributed by atoms with E-state index in [1.807, 2.05) is 30.3 Å². The molecule has 0 unspecified atom stereocenters. The number of hydrogen-bond acceptors (Lipinski definition) is 4. The molecule has 1 aromatic heterocycles. The highest BCUT2D eigenvalue weighted by atomic mass is 32.2. The summed E-state index contributed by atoms with van der Waals surface area (Å²) in [7, 11) is 0. The lowest BCUT2D eigenvalue weighted by molar-refractivity contribution is -0.145. The molecule has 2 aliphatic heterocycles. The van der Waals surface area contributed by atoms with Gasteiger partial charge >= 0.3 is 11.8 Å². The molecule has 0 aliphatic carbocycles. The Hall–Kier alpha value is -2.28. The van der Waals surface area contributed by atoms with Crippen molar-refractivity contribution in [1.29, 1.82) is 0 Å². The summed E-state index contributed by atoms with van der Waals surface area (Å²) >= 11 is 1.77. The maximum Gasteiger partial charge on any atom is 0.315 e. The zero-order valence-corrected chi connectivity index (χ0v) is 16.5. The molecule has 1 N–H and O–H groups in total. The van der Waals surface area contributed by atoms with Gasteiger partial charge in [-0.25, -0.2) is 4.68 Å². The van der Waals surface area contributed by atoms with Crippen molar-refractivity contribution in [2.75, 3.05) is 18.4 Å². The Morgan fingerprint density at radius 1 is 1.11 bits per heavy atom. The third-order valence-electron chi connectivity index (χ3n) is 5.13. The van der Waals surface area contributed by atoms with Crippen molar-refractivity contribution in [3.8, 4) is 5.69 Å². The summed E-state index contributed by atoms with van der Waals surface area (Å²) in [4.78, 5) is 27.2. The monoisotopic (exact) mass is 384 g/mol. The second-order valence-corrected chi connectivity index (χ2v) is 8.61. The van der Waals surface area contributed by atoms with E-state index in [9.17, 15) is 9.59 Å². The van der Waals surface area contributed by atoms with Crippen molar-refractivity contribution in [1.82, 2.24) is 14.7 Å². The Bertz CT molecular complexity index is 854. The first-order valence-electron chi connectivity index (χ1n) is 9.37. The van der Waals surface area contributed by atoms with Gasteiger partial charge in [0.05, 0.1) is 11.4 Å². The zero-order chi connectivity index (χ0) is 19.0. The lowest BCUT2D eigenvalue weighted by atomic mass is 9.92. The fourth-order valence-electron chi connectivity index (χ4n) is 4.03. The number of nitrogens with zero attached hydrogens (tertiary/aromatic N) is 3. The normalized spacial score (nSPS) is 21.8. The summed E-state index contributed by atoms with van der Waals surface area (Å²) in [6.45, 7) is 5.54. The summed E-state index contributed by atoms with van der Waals surface area (Å²) in [6.07, 6.45) is 1.09. The van der Waals surface area contributed by atoms with Crippen LogP contribution >= 0.6 is 11.8 Å². The van der Waals surface area contributed by atoms with Crippen LogP contribution in [-0.2, 0) is 21.1 Å². The third-order valence-corrected chi connectivity index (χ3v) is 6.11. The Morgan fingerprint density at radius 2 is 1.81 bits per heavy atom. The summed E-state index contributed by atoms with van der Waals surface area (Å²) in [6, 6.07) is 9.70. The lowest BCUT2D eigenvalue weighted by Crippen LogP contribution is -2.47. The maximum absolute atomic E-state index is 12.8. The van der Waals surface area contributed by atoms with E-state index in [4.69, 9.17) is 0 Å². The van der Waals surface area contributed by atoms with Crippen LogP contribution in [0, 0.1) is 11.8 Å². The number of amides is 2. The van der Waals surface area contributed by atoms with Gasteiger partial charge in [-0.3, -0.25) is 9.59 Å². The molecule has 1 saturated heterocycles.